The first-order valence-electron chi connectivity index (χ1n) is 13.2. The number of piperidine rings is 1. The molecule has 3 aliphatic rings. The highest BCUT2D eigenvalue weighted by Crippen LogP contribution is 2.60. The Morgan fingerprint density at radius 3 is 2.48 bits per heavy atom. The molecule has 13 heteroatoms. The van der Waals surface area contributed by atoms with Crippen molar-refractivity contribution in [2.45, 2.75) is 43.7 Å². The molecule has 2 aromatic rings. The molecule has 1 heterocycles. The van der Waals surface area contributed by atoms with Crippen molar-refractivity contribution >= 4 is 41.0 Å². The second-order valence-corrected chi connectivity index (χ2v) is 11.1. The summed E-state index contributed by atoms with van der Waals surface area (Å²) in [4.78, 5) is 43.0. The summed E-state index contributed by atoms with van der Waals surface area (Å²) in [5.74, 6) is -3.06. The number of carboxylic acid groups (broad SMARTS) is 1. The molecule has 0 atom stereocenters. The molecule has 0 radical (unpaired) electrons. The number of carboxylic acids is 1. The third kappa shape index (κ3) is 5.72. The second-order valence-electron chi connectivity index (χ2n) is 10.7. The van der Waals surface area contributed by atoms with Gasteiger partial charge in [-0.1, -0.05) is 23.7 Å². The molecule has 8 nitrogen and oxygen atoms in total. The number of hydrogen-bond donors (Lipinski definition) is 2. The molecule has 42 heavy (non-hydrogen) atoms. The monoisotopic (exact) mass is 607 g/mol. The van der Waals surface area contributed by atoms with E-state index in [4.69, 9.17) is 27.2 Å². The highest BCUT2D eigenvalue weighted by Gasteiger charge is 2.65. The van der Waals surface area contributed by atoms with E-state index in [0.29, 0.717) is 5.92 Å². The highest BCUT2D eigenvalue weighted by molar-refractivity contribution is 6.34. The highest BCUT2D eigenvalue weighted by atomic mass is 35.5. The first kappa shape index (κ1) is 29.6. The van der Waals surface area contributed by atoms with E-state index in [0.717, 1.165) is 25.0 Å². The van der Waals surface area contributed by atoms with Gasteiger partial charge in [0.2, 0.25) is 0 Å². The van der Waals surface area contributed by atoms with Crippen LogP contribution in [-0.2, 0) is 10.2 Å². The van der Waals surface area contributed by atoms with Gasteiger partial charge in [-0.3, -0.25) is 4.79 Å². The summed E-state index contributed by atoms with van der Waals surface area (Å²) in [7, 11) is 0. The summed E-state index contributed by atoms with van der Waals surface area (Å²) < 4.78 is 62.3. The number of amides is 2. The number of aliphatic imine (C=N–C) groups is 1. The van der Waals surface area contributed by atoms with Crippen LogP contribution in [0.1, 0.15) is 63.9 Å². The van der Waals surface area contributed by atoms with E-state index in [1.54, 1.807) is 0 Å². The van der Waals surface area contributed by atoms with Crippen LogP contribution < -0.4 is 5.73 Å². The summed E-state index contributed by atoms with van der Waals surface area (Å²) in [6.45, 7) is 0.0234. The maximum Gasteiger partial charge on any atom is 0.410 e. The lowest BCUT2D eigenvalue weighted by molar-refractivity contribution is -0.160. The van der Waals surface area contributed by atoms with Crippen molar-refractivity contribution in [3.05, 3.63) is 75.1 Å². The Balaban J connectivity index is 1.56. The summed E-state index contributed by atoms with van der Waals surface area (Å²) in [5.41, 5.74) is 2.88. The maximum atomic E-state index is 14.9. The third-order valence-corrected chi connectivity index (χ3v) is 8.14. The number of likely N-dealkylation sites (tertiary alicyclic amines) is 1. The van der Waals surface area contributed by atoms with Gasteiger partial charge in [0.25, 0.3) is 5.91 Å². The van der Waals surface area contributed by atoms with Crippen molar-refractivity contribution in [2.75, 3.05) is 19.7 Å². The minimum absolute atomic E-state index is 0.0124. The van der Waals surface area contributed by atoms with E-state index in [9.17, 15) is 31.9 Å². The fourth-order valence-corrected chi connectivity index (χ4v) is 5.29. The van der Waals surface area contributed by atoms with Crippen LogP contribution in [0.5, 0.6) is 0 Å². The van der Waals surface area contributed by atoms with Gasteiger partial charge in [0.1, 0.15) is 5.82 Å². The van der Waals surface area contributed by atoms with Crippen molar-refractivity contribution in [3.8, 4) is 0 Å². The molecule has 3 N–H and O–H groups in total. The second kappa shape index (κ2) is 11.0. The number of rotatable bonds is 6. The largest absolute Gasteiger partial charge is 0.478 e. The van der Waals surface area contributed by atoms with E-state index in [1.165, 1.54) is 29.2 Å². The molecule has 0 bridgehead atoms. The summed E-state index contributed by atoms with van der Waals surface area (Å²) in [6.07, 6.45) is -3.80. The Bertz CT molecular complexity index is 1530. The average Bonchev–Trinajstić information content (AvgIpc) is 3.85. The van der Waals surface area contributed by atoms with Gasteiger partial charge in [0.05, 0.1) is 40.4 Å². The molecule has 1 aliphatic heterocycles. The number of halogens is 5. The minimum atomic E-state index is -4.62. The SMILES string of the molecule is NC(=C1CCN(C(=O)OCC2CC2)CC1=NC(=O)c1c(Cl)cccc1C1(C(F)(F)F)CC1)c1ccc(C(=O)O)cc1F. The smallest absolute Gasteiger partial charge is 0.410 e. The van der Waals surface area contributed by atoms with E-state index in [2.05, 4.69) is 4.99 Å². The van der Waals surface area contributed by atoms with Crippen LogP contribution in [-0.4, -0.2) is 59.6 Å². The van der Waals surface area contributed by atoms with Crippen molar-refractivity contribution in [1.29, 1.82) is 0 Å². The van der Waals surface area contributed by atoms with E-state index in [-0.39, 0.29) is 77.7 Å². The number of carbonyl (C=O) groups is 3. The molecule has 222 valence electrons. The number of hydrogen-bond acceptors (Lipinski definition) is 5. The zero-order valence-corrected chi connectivity index (χ0v) is 22.9. The van der Waals surface area contributed by atoms with Gasteiger partial charge < -0.3 is 20.5 Å². The van der Waals surface area contributed by atoms with Gasteiger partial charge in [0, 0.05) is 23.4 Å². The van der Waals surface area contributed by atoms with Crippen molar-refractivity contribution in [2.24, 2.45) is 16.6 Å². The predicted octanol–water partition coefficient (Wildman–Crippen LogP) is 5.97. The molecule has 2 aliphatic carbocycles. The van der Waals surface area contributed by atoms with Gasteiger partial charge in [-0.15, -0.1) is 0 Å². The number of nitrogens with zero attached hydrogens (tertiary/aromatic N) is 2. The molecule has 3 fully saturated rings. The van der Waals surface area contributed by atoms with Crippen molar-refractivity contribution in [1.82, 2.24) is 4.90 Å². The van der Waals surface area contributed by atoms with Crippen LogP contribution in [0.2, 0.25) is 5.02 Å². The summed E-state index contributed by atoms with van der Waals surface area (Å²) >= 11 is 6.26. The molecule has 2 saturated carbocycles. The van der Waals surface area contributed by atoms with E-state index in [1.807, 2.05) is 0 Å². The number of carbonyl (C=O) groups excluding carboxylic acids is 2. The molecule has 1 saturated heterocycles. The predicted molar refractivity (Wildman–Crippen MR) is 145 cm³/mol. The lowest BCUT2D eigenvalue weighted by Crippen LogP contribution is -2.42. The van der Waals surface area contributed by atoms with Crippen LogP contribution in [0.25, 0.3) is 5.70 Å². The van der Waals surface area contributed by atoms with Gasteiger partial charge in [-0.05, 0) is 67.9 Å². The first-order valence-corrected chi connectivity index (χ1v) is 13.6. The Hall–Kier alpha value is -3.93. The Morgan fingerprint density at radius 2 is 1.88 bits per heavy atom. The van der Waals surface area contributed by atoms with Crippen LogP contribution in [0, 0.1) is 11.7 Å². The molecule has 0 spiro atoms. The normalized spacial score (nSPS) is 20.3. The van der Waals surface area contributed by atoms with Gasteiger partial charge in [-0.25, -0.2) is 19.0 Å². The molecule has 5 rings (SSSR count). The summed E-state index contributed by atoms with van der Waals surface area (Å²) in [5, 5.41) is 8.94. The zero-order valence-electron chi connectivity index (χ0n) is 22.1. The molecule has 0 aromatic heterocycles. The van der Waals surface area contributed by atoms with Gasteiger partial charge in [0.15, 0.2) is 0 Å². The van der Waals surface area contributed by atoms with Crippen molar-refractivity contribution in [3.63, 3.8) is 0 Å². The van der Waals surface area contributed by atoms with Crippen LogP contribution in [0.15, 0.2) is 47.0 Å². The Morgan fingerprint density at radius 1 is 1.17 bits per heavy atom. The van der Waals surface area contributed by atoms with Crippen LogP contribution >= 0.6 is 11.6 Å². The topological polar surface area (TPSA) is 122 Å². The molecule has 2 amide bonds. The molecule has 0 unspecified atom stereocenters. The molecular formula is C29H26ClF4N3O5. The third-order valence-electron chi connectivity index (χ3n) is 7.82. The number of ether oxygens (including phenoxy) is 1. The van der Waals surface area contributed by atoms with Gasteiger partial charge >= 0.3 is 18.2 Å². The molecular weight excluding hydrogens is 582 g/mol. The number of alkyl halides is 3. The van der Waals surface area contributed by atoms with Crippen molar-refractivity contribution < 1.29 is 41.8 Å². The number of nitrogens with two attached hydrogens (primary N) is 1. The fourth-order valence-electron chi connectivity index (χ4n) is 5.04. The first-order chi connectivity index (χ1) is 19.8. The zero-order chi connectivity index (χ0) is 30.4. The standard InChI is InChI=1S/C29H26ClF4N3O5/c30-20-3-1-2-19(28(9-10-28)29(32,33)34)23(20)25(38)36-22-13-37(27(41)42-14-15-4-5-15)11-8-18(22)24(35)17-7-6-16(26(39)40)12-21(17)31/h1-3,6-7,12,15H,4-5,8-11,13-14,35H2,(H,39,40). The molecule has 2 aromatic carbocycles. The fraction of sp³-hybridized carbons (Fsp3) is 0.379. The lowest BCUT2D eigenvalue weighted by atomic mass is 9.90. The minimum Gasteiger partial charge on any atom is -0.478 e. The number of aromatic carboxylic acids is 1. The van der Waals surface area contributed by atoms with E-state index >= 15 is 0 Å². The number of benzene rings is 2. The summed E-state index contributed by atoms with van der Waals surface area (Å²) in [6, 6.07) is 6.94. The quantitative estimate of drug-likeness (QED) is 0.390. The maximum absolute atomic E-state index is 14.9. The average molecular weight is 608 g/mol. The van der Waals surface area contributed by atoms with Gasteiger partial charge in [-0.2, -0.15) is 13.2 Å². The lowest BCUT2D eigenvalue weighted by Gasteiger charge is -2.30. The Kier molecular flexibility index (Phi) is 7.78. The van der Waals surface area contributed by atoms with Crippen LogP contribution in [0.4, 0.5) is 22.4 Å². The van der Waals surface area contributed by atoms with Crippen LogP contribution in [0.3, 0.4) is 0 Å². The Labute approximate surface area is 242 Å². The van der Waals surface area contributed by atoms with E-state index < -0.39 is 40.9 Å².